The standard InChI is InChI=1S/C34H22N4O/c1-3-9-25(10-4-1)31-32(36-30-14-8-7-13-29(30)35-31)26-19-15-23(16-20-26)24-17-21-28(22-18-24)34-38-37-33(39-34)27-11-5-2-6-12-27/h1-22H. The van der Waals surface area contributed by atoms with Crippen molar-refractivity contribution in [1.82, 2.24) is 20.2 Å². The first-order valence-corrected chi connectivity index (χ1v) is 12.7. The second-order valence-corrected chi connectivity index (χ2v) is 9.21. The van der Waals surface area contributed by atoms with Gasteiger partial charge >= 0.3 is 0 Å². The van der Waals surface area contributed by atoms with Crippen molar-refractivity contribution in [3.05, 3.63) is 133 Å². The highest BCUT2D eigenvalue weighted by molar-refractivity contribution is 5.86. The maximum Gasteiger partial charge on any atom is 0.248 e. The van der Waals surface area contributed by atoms with E-state index in [9.17, 15) is 0 Å². The zero-order chi connectivity index (χ0) is 26.0. The van der Waals surface area contributed by atoms with Crippen LogP contribution in [0, 0.1) is 0 Å². The molecule has 184 valence electrons. The lowest BCUT2D eigenvalue weighted by Gasteiger charge is -2.11. The van der Waals surface area contributed by atoms with Crippen LogP contribution in [0.2, 0.25) is 0 Å². The van der Waals surface area contributed by atoms with Crippen LogP contribution in [0.1, 0.15) is 0 Å². The number of hydrogen-bond donors (Lipinski definition) is 0. The van der Waals surface area contributed by atoms with Crippen molar-refractivity contribution in [3.8, 4) is 56.6 Å². The molecule has 0 amide bonds. The van der Waals surface area contributed by atoms with Crippen molar-refractivity contribution in [2.45, 2.75) is 0 Å². The normalized spacial score (nSPS) is 11.1. The van der Waals surface area contributed by atoms with Crippen LogP contribution in [0.3, 0.4) is 0 Å². The Labute approximate surface area is 225 Å². The summed E-state index contributed by atoms with van der Waals surface area (Å²) in [5.74, 6) is 1.01. The number of rotatable bonds is 5. The fourth-order valence-electron chi connectivity index (χ4n) is 4.66. The average molecular weight is 503 g/mol. The summed E-state index contributed by atoms with van der Waals surface area (Å²) in [5.41, 5.74) is 9.55. The molecular weight excluding hydrogens is 480 g/mol. The van der Waals surface area contributed by atoms with E-state index < -0.39 is 0 Å². The predicted octanol–water partition coefficient (Wildman–Crippen LogP) is 8.35. The van der Waals surface area contributed by atoms with Crippen LogP contribution in [0.5, 0.6) is 0 Å². The lowest BCUT2D eigenvalue weighted by molar-refractivity contribution is 0.584. The molecule has 7 aromatic rings. The van der Waals surface area contributed by atoms with Gasteiger partial charge in [-0.3, -0.25) is 0 Å². The summed E-state index contributed by atoms with van der Waals surface area (Å²) >= 11 is 0. The lowest BCUT2D eigenvalue weighted by atomic mass is 9.99. The molecule has 2 heterocycles. The number of fused-ring (bicyclic) bond motifs is 1. The van der Waals surface area contributed by atoms with Crippen LogP contribution in [0.15, 0.2) is 138 Å². The van der Waals surface area contributed by atoms with Crippen molar-refractivity contribution in [2.24, 2.45) is 0 Å². The van der Waals surface area contributed by atoms with E-state index in [1.807, 2.05) is 84.9 Å². The monoisotopic (exact) mass is 502 g/mol. The summed E-state index contributed by atoms with van der Waals surface area (Å²) < 4.78 is 5.91. The maximum atomic E-state index is 5.91. The van der Waals surface area contributed by atoms with E-state index in [4.69, 9.17) is 14.4 Å². The number of hydrogen-bond acceptors (Lipinski definition) is 5. The molecule has 39 heavy (non-hydrogen) atoms. The zero-order valence-corrected chi connectivity index (χ0v) is 20.9. The number of nitrogens with zero attached hydrogens (tertiary/aromatic N) is 4. The minimum Gasteiger partial charge on any atom is -0.416 e. The van der Waals surface area contributed by atoms with Gasteiger partial charge in [0, 0.05) is 22.3 Å². The summed E-state index contributed by atoms with van der Waals surface area (Å²) in [6.07, 6.45) is 0. The first kappa shape index (κ1) is 22.8. The molecular formula is C34H22N4O. The first-order chi connectivity index (χ1) is 19.3. The Morgan fingerprint density at radius 2 is 0.692 bits per heavy atom. The number of aromatic nitrogens is 4. The molecule has 0 bridgehead atoms. The lowest BCUT2D eigenvalue weighted by Crippen LogP contribution is -1.95. The van der Waals surface area contributed by atoms with Gasteiger partial charge in [-0.15, -0.1) is 10.2 Å². The molecule has 0 radical (unpaired) electrons. The molecule has 0 unspecified atom stereocenters. The Kier molecular flexibility index (Phi) is 5.72. The van der Waals surface area contributed by atoms with Crippen LogP contribution in [0.25, 0.3) is 67.6 Å². The van der Waals surface area contributed by atoms with E-state index in [1.165, 1.54) is 0 Å². The molecule has 0 aliphatic rings. The topological polar surface area (TPSA) is 64.7 Å². The molecule has 0 aliphatic carbocycles. The van der Waals surface area contributed by atoms with Crippen molar-refractivity contribution in [1.29, 1.82) is 0 Å². The molecule has 0 fully saturated rings. The summed E-state index contributed by atoms with van der Waals surface area (Å²) in [5, 5.41) is 8.44. The van der Waals surface area contributed by atoms with E-state index in [0.29, 0.717) is 11.8 Å². The maximum absolute atomic E-state index is 5.91. The SMILES string of the molecule is c1ccc(-c2nnc(-c3ccc(-c4ccc(-c5nc6ccccc6nc5-c5ccccc5)cc4)cc3)o2)cc1. The van der Waals surface area contributed by atoms with Crippen molar-refractivity contribution in [3.63, 3.8) is 0 Å². The van der Waals surface area contributed by atoms with E-state index in [-0.39, 0.29) is 0 Å². The van der Waals surface area contributed by atoms with Gasteiger partial charge in [0.2, 0.25) is 11.8 Å². The van der Waals surface area contributed by atoms with E-state index >= 15 is 0 Å². The summed E-state index contributed by atoms with van der Waals surface area (Å²) in [6, 6.07) is 44.6. The van der Waals surface area contributed by atoms with E-state index in [0.717, 1.165) is 55.8 Å². The Morgan fingerprint density at radius 3 is 1.21 bits per heavy atom. The molecule has 0 saturated carbocycles. The van der Waals surface area contributed by atoms with Gasteiger partial charge in [-0.25, -0.2) is 9.97 Å². The third-order valence-electron chi connectivity index (χ3n) is 6.69. The smallest absolute Gasteiger partial charge is 0.248 e. The Balaban J connectivity index is 1.19. The number of benzene rings is 5. The van der Waals surface area contributed by atoms with E-state index in [1.54, 1.807) is 0 Å². The molecule has 5 heteroatoms. The van der Waals surface area contributed by atoms with Gasteiger partial charge in [0.05, 0.1) is 22.4 Å². The predicted molar refractivity (Wildman–Crippen MR) is 155 cm³/mol. The van der Waals surface area contributed by atoms with E-state index in [2.05, 4.69) is 58.7 Å². The van der Waals surface area contributed by atoms with Gasteiger partial charge in [0.25, 0.3) is 0 Å². The van der Waals surface area contributed by atoms with Gasteiger partial charge < -0.3 is 4.42 Å². The molecule has 2 aromatic heterocycles. The second kappa shape index (κ2) is 9.80. The Bertz CT molecular complexity index is 1880. The molecule has 0 atom stereocenters. The summed E-state index contributed by atoms with van der Waals surface area (Å²) in [7, 11) is 0. The molecule has 7 rings (SSSR count). The largest absolute Gasteiger partial charge is 0.416 e. The molecule has 0 spiro atoms. The summed E-state index contributed by atoms with van der Waals surface area (Å²) in [4.78, 5) is 9.99. The average Bonchev–Trinajstić information content (AvgIpc) is 3.52. The van der Waals surface area contributed by atoms with Gasteiger partial charge in [-0.2, -0.15) is 0 Å². The van der Waals surface area contributed by atoms with Crippen LogP contribution in [-0.4, -0.2) is 20.2 Å². The minimum absolute atomic E-state index is 0.499. The quantitative estimate of drug-likeness (QED) is 0.237. The van der Waals surface area contributed by atoms with Crippen molar-refractivity contribution >= 4 is 11.0 Å². The molecule has 5 aromatic carbocycles. The van der Waals surface area contributed by atoms with Gasteiger partial charge in [0.1, 0.15) is 0 Å². The van der Waals surface area contributed by atoms with Crippen LogP contribution >= 0.6 is 0 Å². The fraction of sp³-hybridized carbons (Fsp3) is 0. The van der Waals surface area contributed by atoms with Crippen LogP contribution in [-0.2, 0) is 0 Å². The van der Waals surface area contributed by atoms with Gasteiger partial charge in [-0.05, 0) is 47.5 Å². The summed E-state index contributed by atoms with van der Waals surface area (Å²) in [6.45, 7) is 0. The fourth-order valence-corrected chi connectivity index (χ4v) is 4.66. The van der Waals surface area contributed by atoms with Crippen molar-refractivity contribution in [2.75, 3.05) is 0 Å². The second-order valence-electron chi connectivity index (χ2n) is 9.21. The number of para-hydroxylation sites is 2. The molecule has 0 saturated heterocycles. The zero-order valence-electron chi connectivity index (χ0n) is 20.9. The highest BCUT2D eigenvalue weighted by Crippen LogP contribution is 2.33. The third kappa shape index (κ3) is 4.47. The van der Waals surface area contributed by atoms with Crippen LogP contribution in [0.4, 0.5) is 0 Å². The minimum atomic E-state index is 0.499. The van der Waals surface area contributed by atoms with Gasteiger partial charge in [-0.1, -0.05) is 97.1 Å². The third-order valence-corrected chi connectivity index (χ3v) is 6.69. The van der Waals surface area contributed by atoms with Gasteiger partial charge in [0.15, 0.2) is 0 Å². The highest BCUT2D eigenvalue weighted by Gasteiger charge is 2.14. The molecule has 0 N–H and O–H groups in total. The Morgan fingerprint density at radius 1 is 0.333 bits per heavy atom. The first-order valence-electron chi connectivity index (χ1n) is 12.7. The molecule has 5 nitrogen and oxygen atoms in total. The molecule has 0 aliphatic heterocycles. The van der Waals surface area contributed by atoms with Crippen molar-refractivity contribution < 1.29 is 4.42 Å². The Hall–Kier alpha value is -5.42. The van der Waals surface area contributed by atoms with Crippen LogP contribution < -0.4 is 0 Å². The highest BCUT2D eigenvalue weighted by atomic mass is 16.4.